The summed E-state index contributed by atoms with van der Waals surface area (Å²) < 4.78 is 0. The summed E-state index contributed by atoms with van der Waals surface area (Å²) in [6.07, 6.45) is 3.09. The highest BCUT2D eigenvalue weighted by atomic mass is 16.4. The third-order valence-electron chi connectivity index (χ3n) is 2.44. The number of carboxylic acids is 1. The fraction of sp³-hybridized carbons (Fsp3) is 0.308. The van der Waals surface area contributed by atoms with Crippen LogP contribution in [0.25, 0.3) is 0 Å². The largest absolute Gasteiger partial charge is 0.481 e. The van der Waals surface area contributed by atoms with Crippen LogP contribution >= 0.6 is 0 Å². The normalized spacial score (nSPS) is 12.1. The zero-order valence-corrected chi connectivity index (χ0v) is 8.94. The molecule has 15 heavy (non-hydrogen) atoms. The number of rotatable bonds is 5. The minimum absolute atomic E-state index is 0.413. The van der Waals surface area contributed by atoms with Gasteiger partial charge in [0.2, 0.25) is 0 Å². The molecule has 1 rings (SSSR count). The summed E-state index contributed by atoms with van der Waals surface area (Å²) >= 11 is 0. The standard InChI is InChI=1S/C13H16O2/c1-3-4-5-12(13(14)15)11-8-6-10(2)7-9-11/h3,6-9,12H,1,4-5H2,2H3,(H,14,15). The fourth-order valence-electron chi connectivity index (χ4n) is 1.52. The molecule has 1 atom stereocenters. The van der Waals surface area contributed by atoms with Gasteiger partial charge in [0.25, 0.3) is 0 Å². The highest BCUT2D eigenvalue weighted by molar-refractivity contribution is 5.76. The van der Waals surface area contributed by atoms with Crippen molar-refractivity contribution in [3.05, 3.63) is 48.0 Å². The van der Waals surface area contributed by atoms with E-state index >= 15 is 0 Å². The van der Waals surface area contributed by atoms with Gasteiger partial charge in [-0.15, -0.1) is 6.58 Å². The summed E-state index contributed by atoms with van der Waals surface area (Å²) in [5, 5.41) is 9.09. The molecule has 0 radical (unpaired) electrons. The van der Waals surface area contributed by atoms with Gasteiger partial charge in [0.05, 0.1) is 5.92 Å². The van der Waals surface area contributed by atoms with Gasteiger partial charge in [-0.25, -0.2) is 0 Å². The van der Waals surface area contributed by atoms with Gasteiger partial charge in [0.1, 0.15) is 0 Å². The first kappa shape index (κ1) is 11.5. The van der Waals surface area contributed by atoms with Crippen LogP contribution in [0.3, 0.4) is 0 Å². The molecule has 0 spiro atoms. The van der Waals surface area contributed by atoms with Crippen LogP contribution in [0, 0.1) is 6.92 Å². The Morgan fingerprint density at radius 2 is 2.07 bits per heavy atom. The number of benzene rings is 1. The Kier molecular flexibility index (Phi) is 4.10. The van der Waals surface area contributed by atoms with Gasteiger partial charge in [-0.3, -0.25) is 4.79 Å². The maximum Gasteiger partial charge on any atom is 0.310 e. The Morgan fingerprint density at radius 1 is 1.47 bits per heavy atom. The van der Waals surface area contributed by atoms with Crippen LogP contribution in [0.5, 0.6) is 0 Å². The van der Waals surface area contributed by atoms with Crippen molar-refractivity contribution in [2.75, 3.05) is 0 Å². The second kappa shape index (κ2) is 5.35. The van der Waals surface area contributed by atoms with Crippen molar-refractivity contribution in [1.82, 2.24) is 0 Å². The average molecular weight is 204 g/mol. The van der Waals surface area contributed by atoms with E-state index in [2.05, 4.69) is 6.58 Å². The summed E-state index contributed by atoms with van der Waals surface area (Å²) in [7, 11) is 0. The van der Waals surface area contributed by atoms with Crippen LogP contribution in [0.4, 0.5) is 0 Å². The molecule has 0 aliphatic carbocycles. The van der Waals surface area contributed by atoms with Gasteiger partial charge in [-0.2, -0.15) is 0 Å². The van der Waals surface area contributed by atoms with Crippen LogP contribution in [0.2, 0.25) is 0 Å². The van der Waals surface area contributed by atoms with E-state index in [0.717, 1.165) is 17.5 Å². The van der Waals surface area contributed by atoms with Crippen molar-refractivity contribution in [2.24, 2.45) is 0 Å². The number of carboxylic acid groups (broad SMARTS) is 1. The molecule has 0 amide bonds. The van der Waals surface area contributed by atoms with Crippen molar-refractivity contribution < 1.29 is 9.90 Å². The number of aryl methyl sites for hydroxylation is 1. The Hall–Kier alpha value is -1.57. The molecule has 1 N–H and O–H groups in total. The van der Waals surface area contributed by atoms with E-state index in [0.29, 0.717) is 6.42 Å². The van der Waals surface area contributed by atoms with Gasteiger partial charge >= 0.3 is 5.97 Å². The molecule has 0 aliphatic heterocycles. The summed E-state index contributed by atoms with van der Waals surface area (Å²) in [4.78, 5) is 11.1. The molecule has 0 saturated carbocycles. The smallest absolute Gasteiger partial charge is 0.310 e. The molecule has 0 aromatic heterocycles. The summed E-state index contributed by atoms with van der Waals surface area (Å²) in [5.74, 6) is -1.18. The van der Waals surface area contributed by atoms with E-state index in [1.54, 1.807) is 6.08 Å². The number of allylic oxidation sites excluding steroid dienone is 1. The lowest BCUT2D eigenvalue weighted by Gasteiger charge is -2.11. The molecular formula is C13H16O2. The molecule has 0 fully saturated rings. The highest BCUT2D eigenvalue weighted by Crippen LogP contribution is 2.22. The number of hydrogen-bond donors (Lipinski definition) is 1. The summed E-state index contributed by atoms with van der Waals surface area (Å²) in [5.41, 5.74) is 2.02. The zero-order valence-electron chi connectivity index (χ0n) is 8.94. The summed E-state index contributed by atoms with van der Waals surface area (Å²) in [6, 6.07) is 7.66. The average Bonchev–Trinajstić information content (AvgIpc) is 2.21. The Balaban J connectivity index is 2.83. The van der Waals surface area contributed by atoms with E-state index in [4.69, 9.17) is 5.11 Å². The van der Waals surface area contributed by atoms with Crippen molar-refractivity contribution in [1.29, 1.82) is 0 Å². The molecule has 80 valence electrons. The van der Waals surface area contributed by atoms with Crippen molar-refractivity contribution in [3.8, 4) is 0 Å². The van der Waals surface area contributed by atoms with Gasteiger partial charge < -0.3 is 5.11 Å². The topological polar surface area (TPSA) is 37.3 Å². The number of hydrogen-bond acceptors (Lipinski definition) is 1. The highest BCUT2D eigenvalue weighted by Gasteiger charge is 2.18. The first-order valence-electron chi connectivity index (χ1n) is 5.05. The van der Waals surface area contributed by atoms with E-state index < -0.39 is 11.9 Å². The van der Waals surface area contributed by atoms with Crippen LogP contribution in [-0.4, -0.2) is 11.1 Å². The Bertz CT molecular complexity index is 338. The number of carbonyl (C=O) groups is 1. The van der Waals surface area contributed by atoms with Crippen molar-refractivity contribution in [2.45, 2.75) is 25.7 Å². The van der Waals surface area contributed by atoms with E-state index in [-0.39, 0.29) is 0 Å². The predicted octanol–water partition coefficient (Wildman–Crippen LogP) is 3.13. The number of aliphatic carboxylic acids is 1. The molecule has 0 saturated heterocycles. The third kappa shape index (κ3) is 3.24. The first-order chi connectivity index (χ1) is 7.15. The fourth-order valence-corrected chi connectivity index (χ4v) is 1.52. The minimum atomic E-state index is -0.763. The van der Waals surface area contributed by atoms with Crippen LogP contribution < -0.4 is 0 Å². The lowest BCUT2D eigenvalue weighted by atomic mass is 9.94. The Morgan fingerprint density at radius 3 is 2.53 bits per heavy atom. The molecule has 1 aromatic carbocycles. The quantitative estimate of drug-likeness (QED) is 0.748. The molecule has 1 aromatic rings. The van der Waals surface area contributed by atoms with Gasteiger partial charge in [0.15, 0.2) is 0 Å². The monoisotopic (exact) mass is 204 g/mol. The minimum Gasteiger partial charge on any atom is -0.481 e. The Labute approximate surface area is 90.3 Å². The molecule has 0 aliphatic rings. The third-order valence-corrected chi connectivity index (χ3v) is 2.44. The lowest BCUT2D eigenvalue weighted by Crippen LogP contribution is -2.11. The molecule has 2 nitrogen and oxygen atoms in total. The SMILES string of the molecule is C=CCCC(C(=O)O)c1ccc(C)cc1. The van der Waals surface area contributed by atoms with Crippen molar-refractivity contribution in [3.63, 3.8) is 0 Å². The maximum atomic E-state index is 11.1. The molecule has 0 heterocycles. The second-order valence-corrected chi connectivity index (χ2v) is 3.67. The molecule has 2 heteroatoms. The summed E-state index contributed by atoms with van der Waals surface area (Å²) in [6.45, 7) is 5.60. The van der Waals surface area contributed by atoms with Gasteiger partial charge in [-0.1, -0.05) is 35.9 Å². The lowest BCUT2D eigenvalue weighted by molar-refractivity contribution is -0.138. The van der Waals surface area contributed by atoms with Crippen LogP contribution in [0.15, 0.2) is 36.9 Å². The second-order valence-electron chi connectivity index (χ2n) is 3.67. The van der Waals surface area contributed by atoms with Gasteiger partial charge in [-0.05, 0) is 25.3 Å². The van der Waals surface area contributed by atoms with E-state index in [1.807, 2.05) is 31.2 Å². The van der Waals surface area contributed by atoms with Crippen LogP contribution in [0.1, 0.15) is 29.9 Å². The van der Waals surface area contributed by atoms with Crippen LogP contribution in [-0.2, 0) is 4.79 Å². The molecular weight excluding hydrogens is 188 g/mol. The molecule has 1 unspecified atom stereocenters. The molecule has 0 bridgehead atoms. The predicted molar refractivity (Wildman–Crippen MR) is 61.0 cm³/mol. The zero-order chi connectivity index (χ0) is 11.3. The maximum absolute atomic E-state index is 11.1. The van der Waals surface area contributed by atoms with E-state index in [9.17, 15) is 4.79 Å². The van der Waals surface area contributed by atoms with Crippen molar-refractivity contribution >= 4 is 5.97 Å². The van der Waals surface area contributed by atoms with Gasteiger partial charge in [0, 0.05) is 0 Å². The van der Waals surface area contributed by atoms with E-state index in [1.165, 1.54) is 0 Å². The first-order valence-corrected chi connectivity index (χ1v) is 5.05.